The quantitative estimate of drug-likeness (QED) is 0.628. The van der Waals surface area contributed by atoms with Crippen molar-refractivity contribution in [2.24, 2.45) is 0 Å². The fourth-order valence-electron chi connectivity index (χ4n) is 2.84. The first-order chi connectivity index (χ1) is 11.7. The van der Waals surface area contributed by atoms with Crippen LogP contribution < -0.4 is 4.90 Å². The highest BCUT2D eigenvalue weighted by molar-refractivity contribution is 7.98. The van der Waals surface area contributed by atoms with Gasteiger partial charge >= 0.3 is 0 Å². The number of aromatic nitrogens is 2. The van der Waals surface area contributed by atoms with E-state index in [4.69, 9.17) is 0 Å². The summed E-state index contributed by atoms with van der Waals surface area (Å²) in [6.45, 7) is 3.73. The second-order valence-electron chi connectivity index (χ2n) is 5.55. The molecule has 1 aliphatic heterocycles. The van der Waals surface area contributed by atoms with Gasteiger partial charge in [0, 0.05) is 38.3 Å². The SMILES string of the molecule is CSc1ncnc(N2CCN(Cc3ccccc3F)CC2)c1C#N. The summed E-state index contributed by atoms with van der Waals surface area (Å²) in [6, 6.07) is 9.11. The minimum Gasteiger partial charge on any atom is -0.353 e. The Balaban J connectivity index is 1.68. The maximum atomic E-state index is 13.8. The molecule has 24 heavy (non-hydrogen) atoms. The van der Waals surface area contributed by atoms with Crippen LogP contribution in [0.1, 0.15) is 11.1 Å². The average Bonchev–Trinajstić information content (AvgIpc) is 2.63. The van der Waals surface area contributed by atoms with E-state index >= 15 is 0 Å². The molecule has 1 aromatic carbocycles. The van der Waals surface area contributed by atoms with E-state index in [1.165, 1.54) is 24.2 Å². The molecule has 1 aliphatic rings. The van der Waals surface area contributed by atoms with E-state index in [1.54, 1.807) is 6.07 Å². The van der Waals surface area contributed by atoms with Crippen molar-refractivity contribution in [1.29, 1.82) is 5.26 Å². The number of thioether (sulfide) groups is 1. The first-order valence-electron chi connectivity index (χ1n) is 7.72. The summed E-state index contributed by atoms with van der Waals surface area (Å²) in [7, 11) is 0. The number of hydrogen-bond acceptors (Lipinski definition) is 6. The number of rotatable bonds is 4. The van der Waals surface area contributed by atoms with Gasteiger partial charge in [-0.2, -0.15) is 5.26 Å². The Hall–Kier alpha value is -2.17. The normalized spacial score (nSPS) is 15.3. The van der Waals surface area contributed by atoms with Gasteiger partial charge in [0.2, 0.25) is 0 Å². The van der Waals surface area contributed by atoms with E-state index < -0.39 is 0 Å². The van der Waals surface area contributed by atoms with Crippen molar-refractivity contribution in [3.05, 3.63) is 47.5 Å². The van der Waals surface area contributed by atoms with E-state index in [0.29, 0.717) is 23.0 Å². The van der Waals surface area contributed by atoms with Crippen LogP contribution in [0.15, 0.2) is 35.6 Å². The molecule has 2 heterocycles. The third kappa shape index (κ3) is 3.50. The number of nitriles is 1. The van der Waals surface area contributed by atoms with Crippen LogP contribution >= 0.6 is 11.8 Å². The summed E-state index contributed by atoms with van der Waals surface area (Å²) in [5, 5.41) is 10.1. The second kappa shape index (κ2) is 7.60. The Bertz CT molecular complexity index is 753. The van der Waals surface area contributed by atoms with Crippen molar-refractivity contribution in [2.45, 2.75) is 11.6 Å². The lowest BCUT2D eigenvalue weighted by atomic mass is 10.2. The zero-order valence-electron chi connectivity index (χ0n) is 13.4. The van der Waals surface area contributed by atoms with Crippen molar-refractivity contribution >= 4 is 17.6 Å². The van der Waals surface area contributed by atoms with Gasteiger partial charge in [-0.25, -0.2) is 14.4 Å². The van der Waals surface area contributed by atoms with Gasteiger partial charge < -0.3 is 4.90 Å². The van der Waals surface area contributed by atoms with Gasteiger partial charge in [-0.15, -0.1) is 11.8 Å². The van der Waals surface area contributed by atoms with Crippen LogP contribution in [0.3, 0.4) is 0 Å². The highest BCUT2D eigenvalue weighted by atomic mass is 32.2. The number of piperazine rings is 1. The van der Waals surface area contributed by atoms with E-state index in [9.17, 15) is 9.65 Å². The molecule has 3 rings (SSSR count). The fourth-order valence-corrected chi connectivity index (χ4v) is 3.33. The molecular formula is C17H18FN5S. The molecule has 0 radical (unpaired) electrons. The lowest BCUT2D eigenvalue weighted by molar-refractivity contribution is 0.246. The van der Waals surface area contributed by atoms with Gasteiger partial charge in [-0.05, 0) is 12.3 Å². The van der Waals surface area contributed by atoms with E-state index in [2.05, 4.69) is 25.8 Å². The lowest BCUT2D eigenvalue weighted by Crippen LogP contribution is -2.46. The molecule has 2 aromatic rings. The molecule has 0 bridgehead atoms. The summed E-state index contributed by atoms with van der Waals surface area (Å²) in [4.78, 5) is 12.8. The third-order valence-electron chi connectivity index (χ3n) is 4.12. The molecule has 0 spiro atoms. The summed E-state index contributed by atoms with van der Waals surface area (Å²) in [6.07, 6.45) is 3.41. The van der Waals surface area contributed by atoms with Crippen LogP contribution in [0.2, 0.25) is 0 Å². The number of halogens is 1. The van der Waals surface area contributed by atoms with E-state index in [-0.39, 0.29) is 5.82 Å². The van der Waals surface area contributed by atoms with Crippen LogP contribution in [0.4, 0.5) is 10.2 Å². The molecule has 0 amide bonds. The highest BCUT2D eigenvalue weighted by Gasteiger charge is 2.22. The van der Waals surface area contributed by atoms with Crippen molar-refractivity contribution in [3.63, 3.8) is 0 Å². The molecule has 0 saturated carbocycles. The Kier molecular flexibility index (Phi) is 5.28. The Morgan fingerprint density at radius 1 is 1.21 bits per heavy atom. The molecule has 5 nitrogen and oxygen atoms in total. The Morgan fingerprint density at radius 3 is 2.62 bits per heavy atom. The smallest absolute Gasteiger partial charge is 0.151 e. The highest BCUT2D eigenvalue weighted by Crippen LogP contribution is 2.25. The van der Waals surface area contributed by atoms with Crippen LogP contribution in [-0.4, -0.2) is 47.3 Å². The van der Waals surface area contributed by atoms with Gasteiger partial charge in [0.1, 0.15) is 28.8 Å². The molecule has 1 aromatic heterocycles. The second-order valence-corrected chi connectivity index (χ2v) is 6.34. The molecule has 0 atom stereocenters. The largest absolute Gasteiger partial charge is 0.353 e. The maximum Gasteiger partial charge on any atom is 0.151 e. The van der Waals surface area contributed by atoms with E-state index in [1.807, 2.05) is 18.4 Å². The zero-order valence-corrected chi connectivity index (χ0v) is 14.3. The van der Waals surface area contributed by atoms with Crippen LogP contribution in [0, 0.1) is 17.1 Å². The average molecular weight is 343 g/mol. The Morgan fingerprint density at radius 2 is 1.96 bits per heavy atom. The van der Waals surface area contributed by atoms with Gasteiger partial charge in [-0.3, -0.25) is 4.90 Å². The molecule has 1 fully saturated rings. The number of benzene rings is 1. The minimum absolute atomic E-state index is 0.160. The first kappa shape index (κ1) is 16.7. The van der Waals surface area contributed by atoms with Gasteiger partial charge in [0.15, 0.2) is 5.82 Å². The predicted molar refractivity (Wildman–Crippen MR) is 92.4 cm³/mol. The molecule has 1 saturated heterocycles. The lowest BCUT2D eigenvalue weighted by Gasteiger charge is -2.35. The summed E-state index contributed by atoms with van der Waals surface area (Å²) in [5.74, 6) is 0.537. The van der Waals surface area contributed by atoms with Crippen molar-refractivity contribution in [1.82, 2.24) is 14.9 Å². The van der Waals surface area contributed by atoms with Crippen LogP contribution in [0.5, 0.6) is 0 Å². The monoisotopic (exact) mass is 343 g/mol. The minimum atomic E-state index is -0.160. The summed E-state index contributed by atoms with van der Waals surface area (Å²) in [5.41, 5.74) is 1.25. The fraction of sp³-hybridized carbons (Fsp3) is 0.353. The maximum absolute atomic E-state index is 13.8. The topological polar surface area (TPSA) is 56.1 Å². The van der Waals surface area contributed by atoms with Gasteiger partial charge in [0.05, 0.1) is 0 Å². The van der Waals surface area contributed by atoms with Crippen molar-refractivity contribution in [3.8, 4) is 6.07 Å². The Labute approximate surface area is 145 Å². The van der Waals surface area contributed by atoms with E-state index in [0.717, 1.165) is 31.7 Å². The third-order valence-corrected chi connectivity index (χ3v) is 4.82. The van der Waals surface area contributed by atoms with Crippen molar-refractivity contribution < 1.29 is 4.39 Å². The van der Waals surface area contributed by atoms with Gasteiger partial charge in [-0.1, -0.05) is 18.2 Å². The van der Waals surface area contributed by atoms with Gasteiger partial charge in [0.25, 0.3) is 0 Å². The van der Waals surface area contributed by atoms with Crippen molar-refractivity contribution in [2.75, 3.05) is 37.3 Å². The zero-order chi connectivity index (χ0) is 16.9. The van der Waals surface area contributed by atoms with Crippen LogP contribution in [0.25, 0.3) is 0 Å². The molecule has 0 unspecified atom stereocenters. The number of hydrogen-bond donors (Lipinski definition) is 0. The molecule has 7 heteroatoms. The standard InChI is InChI=1S/C17H18FN5S/c1-24-17-14(10-19)16(20-12-21-17)23-8-6-22(7-9-23)11-13-4-2-3-5-15(13)18/h2-5,12H,6-9,11H2,1H3. The molecule has 124 valence electrons. The number of anilines is 1. The summed E-state index contributed by atoms with van der Waals surface area (Å²) >= 11 is 1.45. The molecule has 0 aliphatic carbocycles. The van der Waals surface area contributed by atoms with Crippen LogP contribution in [-0.2, 0) is 6.54 Å². The summed E-state index contributed by atoms with van der Waals surface area (Å²) < 4.78 is 13.8. The predicted octanol–water partition coefficient (Wildman–Crippen LogP) is 2.53. The number of nitrogens with zero attached hydrogens (tertiary/aromatic N) is 5. The molecular weight excluding hydrogens is 325 g/mol. The first-order valence-corrected chi connectivity index (χ1v) is 8.95. The molecule has 0 N–H and O–H groups in total.